The Labute approximate surface area is 189 Å². The van der Waals surface area contributed by atoms with E-state index >= 15 is 0 Å². The van der Waals surface area contributed by atoms with Gasteiger partial charge in [-0.1, -0.05) is 36.7 Å². The lowest BCUT2D eigenvalue weighted by Crippen LogP contribution is -2.49. The first-order chi connectivity index (χ1) is 14.7. The third-order valence-electron chi connectivity index (χ3n) is 5.69. The van der Waals surface area contributed by atoms with E-state index in [1.807, 2.05) is 13.0 Å². The number of rotatable bonds is 8. The Morgan fingerprint density at radius 2 is 1.90 bits per heavy atom. The fraction of sp³-hybridized carbons (Fsp3) is 0.435. The molecule has 0 saturated heterocycles. The van der Waals surface area contributed by atoms with E-state index in [-0.39, 0.29) is 24.1 Å². The van der Waals surface area contributed by atoms with Gasteiger partial charge in [0.2, 0.25) is 15.9 Å². The fourth-order valence-electron chi connectivity index (χ4n) is 4.12. The highest BCUT2D eigenvalue weighted by Crippen LogP contribution is 2.35. The highest BCUT2D eigenvalue weighted by Gasteiger charge is 2.34. The van der Waals surface area contributed by atoms with Crippen LogP contribution in [0.2, 0.25) is 5.02 Å². The largest absolute Gasteiger partial charge is 0.495 e. The summed E-state index contributed by atoms with van der Waals surface area (Å²) in [5.41, 5.74) is 3.94. The van der Waals surface area contributed by atoms with Crippen molar-refractivity contribution < 1.29 is 17.9 Å². The maximum atomic E-state index is 13.2. The molecule has 0 fully saturated rings. The van der Waals surface area contributed by atoms with Gasteiger partial charge in [-0.15, -0.1) is 0 Å². The molecule has 6 nitrogen and oxygen atoms in total. The Morgan fingerprint density at radius 3 is 2.55 bits per heavy atom. The van der Waals surface area contributed by atoms with E-state index in [9.17, 15) is 13.2 Å². The number of hydrogen-bond acceptors (Lipinski definition) is 4. The number of halogens is 1. The molecule has 0 saturated carbocycles. The minimum absolute atomic E-state index is 0.240. The number of nitrogens with one attached hydrogen (secondary N) is 1. The Bertz CT molecular complexity index is 1070. The van der Waals surface area contributed by atoms with E-state index in [1.165, 1.54) is 24.3 Å². The van der Waals surface area contributed by atoms with Crippen molar-refractivity contribution in [3.05, 3.63) is 58.1 Å². The zero-order chi connectivity index (χ0) is 22.8. The number of nitrogens with zero attached hydrogens (tertiary/aromatic N) is 1. The number of ether oxygens (including phenoxy) is 1. The van der Waals surface area contributed by atoms with Gasteiger partial charge in [0.25, 0.3) is 0 Å². The maximum Gasteiger partial charge on any atom is 0.244 e. The first-order valence-corrected chi connectivity index (χ1v) is 12.6. The van der Waals surface area contributed by atoms with Gasteiger partial charge >= 0.3 is 0 Å². The molecule has 3 rings (SSSR count). The Kier molecular flexibility index (Phi) is 7.17. The first-order valence-electron chi connectivity index (χ1n) is 10.4. The average molecular weight is 465 g/mol. The fourth-order valence-corrected chi connectivity index (χ4v) is 5.50. The van der Waals surface area contributed by atoms with Gasteiger partial charge in [-0.25, -0.2) is 8.42 Å². The van der Waals surface area contributed by atoms with Crippen LogP contribution in [-0.4, -0.2) is 33.7 Å². The lowest BCUT2D eigenvalue weighted by Gasteiger charge is -2.32. The third-order valence-corrected chi connectivity index (χ3v) is 7.09. The number of anilines is 1. The van der Waals surface area contributed by atoms with Gasteiger partial charge in [0.05, 0.1) is 25.1 Å². The van der Waals surface area contributed by atoms with Crippen molar-refractivity contribution in [3.8, 4) is 5.75 Å². The van der Waals surface area contributed by atoms with E-state index in [4.69, 9.17) is 16.3 Å². The number of fused-ring (bicyclic) bond motifs is 1. The highest BCUT2D eigenvalue weighted by molar-refractivity contribution is 7.92. The minimum Gasteiger partial charge on any atom is -0.495 e. The molecule has 0 aromatic heterocycles. The summed E-state index contributed by atoms with van der Waals surface area (Å²) in [5, 5.41) is 3.35. The second-order valence-corrected chi connectivity index (χ2v) is 10.2. The summed E-state index contributed by atoms with van der Waals surface area (Å²) in [6.45, 7) is 3.69. The number of amides is 1. The van der Waals surface area contributed by atoms with E-state index in [2.05, 4.69) is 17.4 Å². The molecule has 1 N–H and O–H groups in total. The predicted molar refractivity (Wildman–Crippen MR) is 124 cm³/mol. The molecule has 0 bridgehead atoms. The number of hydrogen-bond donors (Lipinski definition) is 1. The van der Waals surface area contributed by atoms with Gasteiger partial charge < -0.3 is 10.1 Å². The second-order valence-electron chi connectivity index (χ2n) is 7.91. The number of carbonyl (C=O) groups excluding carboxylic acids is 1. The van der Waals surface area contributed by atoms with Crippen LogP contribution >= 0.6 is 11.6 Å². The molecule has 2 aromatic rings. The van der Waals surface area contributed by atoms with Crippen molar-refractivity contribution >= 4 is 33.2 Å². The summed E-state index contributed by atoms with van der Waals surface area (Å²) >= 11 is 6.13. The first kappa shape index (κ1) is 23.4. The topological polar surface area (TPSA) is 75.7 Å². The van der Waals surface area contributed by atoms with Crippen LogP contribution in [-0.2, 0) is 27.7 Å². The van der Waals surface area contributed by atoms with Gasteiger partial charge in [-0.3, -0.25) is 9.10 Å². The smallest absolute Gasteiger partial charge is 0.244 e. The molecule has 168 valence electrons. The van der Waals surface area contributed by atoms with Crippen molar-refractivity contribution in [3.63, 3.8) is 0 Å². The molecule has 8 heteroatoms. The summed E-state index contributed by atoms with van der Waals surface area (Å²) in [7, 11) is -2.35. The summed E-state index contributed by atoms with van der Waals surface area (Å²) in [5.74, 6) is -0.0457. The van der Waals surface area contributed by atoms with E-state index in [0.29, 0.717) is 10.8 Å². The number of carbonyl (C=O) groups is 1. The monoisotopic (exact) mass is 464 g/mol. The Balaban J connectivity index is 1.90. The summed E-state index contributed by atoms with van der Waals surface area (Å²) in [6, 6.07) is 9.80. The Morgan fingerprint density at radius 1 is 1.19 bits per heavy atom. The van der Waals surface area contributed by atoms with Crippen LogP contribution < -0.4 is 14.4 Å². The quantitative estimate of drug-likeness (QED) is 0.633. The van der Waals surface area contributed by atoms with Crippen LogP contribution in [0.25, 0.3) is 0 Å². The summed E-state index contributed by atoms with van der Waals surface area (Å²) in [4.78, 5) is 13.2. The molecule has 1 aliphatic carbocycles. The molecular weight excluding hydrogens is 436 g/mol. The van der Waals surface area contributed by atoms with Gasteiger partial charge in [-0.2, -0.15) is 0 Å². The molecule has 0 unspecified atom stereocenters. The standard InChI is InChI=1S/C23H29ClN2O4S/c1-5-20(26(31(4,28)29)21-14-19(24)11-12-22(21)30-3)23(27)25-15(2)17-10-9-16-7-6-8-18(16)13-17/h9-15,20H,5-8H2,1-4H3,(H,25,27)/t15-,20-/m0/s1. The molecule has 1 aliphatic rings. The molecule has 2 aromatic carbocycles. The molecule has 0 radical (unpaired) electrons. The molecule has 0 spiro atoms. The van der Waals surface area contributed by atoms with Crippen LogP contribution in [0.4, 0.5) is 5.69 Å². The lowest BCUT2D eigenvalue weighted by molar-refractivity contribution is -0.122. The molecule has 31 heavy (non-hydrogen) atoms. The van der Waals surface area contributed by atoms with Crippen molar-refractivity contribution in [1.29, 1.82) is 0 Å². The van der Waals surface area contributed by atoms with E-state index < -0.39 is 16.1 Å². The predicted octanol–water partition coefficient (Wildman–Crippen LogP) is 4.26. The molecule has 0 aliphatic heterocycles. The van der Waals surface area contributed by atoms with Crippen LogP contribution in [0.5, 0.6) is 5.75 Å². The van der Waals surface area contributed by atoms with Gasteiger partial charge in [0.15, 0.2) is 0 Å². The maximum absolute atomic E-state index is 13.2. The van der Waals surface area contributed by atoms with E-state index in [0.717, 1.165) is 35.4 Å². The molecule has 2 atom stereocenters. The van der Waals surface area contributed by atoms with Gasteiger partial charge in [0.1, 0.15) is 11.8 Å². The average Bonchev–Trinajstić information content (AvgIpc) is 3.18. The zero-order valence-electron chi connectivity index (χ0n) is 18.3. The van der Waals surface area contributed by atoms with E-state index in [1.54, 1.807) is 19.1 Å². The number of benzene rings is 2. The van der Waals surface area contributed by atoms with Crippen LogP contribution in [0.1, 0.15) is 49.4 Å². The lowest BCUT2D eigenvalue weighted by atomic mass is 10.0. The molecule has 0 heterocycles. The van der Waals surface area contributed by atoms with Crippen LogP contribution in [0.3, 0.4) is 0 Å². The zero-order valence-corrected chi connectivity index (χ0v) is 19.9. The highest BCUT2D eigenvalue weighted by atomic mass is 35.5. The van der Waals surface area contributed by atoms with Crippen molar-refractivity contribution in [2.24, 2.45) is 0 Å². The van der Waals surface area contributed by atoms with Crippen LogP contribution in [0, 0.1) is 0 Å². The third kappa shape index (κ3) is 5.15. The number of aryl methyl sites for hydroxylation is 2. The second kappa shape index (κ2) is 9.49. The summed E-state index contributed by atoms with van der Waals surface area (Å²) in [6.07, 6.45) is 4.66. The van der Waals surface area contributed by atoms with Gasteiger partial charge in [0, 0.05) is 5.02 Å². The minimum atomic E-state index is -3.80. The van der Waals surface area contributed by atoms with Crippen molar-refractivity contribution in [2.45, 2.75) is 51.6 Å². The Hall–Kier alpha value is -2.25. The number of methoxy groups -OCH3 is 1. The summed E-state index contributed by atoms with van der Waals surface area (Å²) < 4.78 is 31.9. The normalized spacial score (nSPS) is 15.1. The SMILES string of the molecule is CC[C@@H](C(=O)N[C@@H](C)c1ccc2c(c1)CCC2)N(c1cc(Cl)ccc1OC)S(C)(=O)=O. The van der Waals surface area contributed by atoms with Gasteiger partial charge in [-0.05, 0) is 67.5 Å². The number of sulfonamides is 1. The van der Waals surface area contributed by atoms with Crippen molar-refractivity contribution in [1.82, 2.24) is 5.32 Å². The van der Waals surface area contributed by atoms with Crippen molar-refractivity contribution in [2.75, 3.05) is 17.7 Å². The molecule has 1 amide bonds. The molecular formula is C23H29ClN2O4S. The van der Waals surface area contributed by atoms with Crippen LogP contribution in [0.15, 0.2) is 36.4 Å².